The van der Waals surface area contributed by atoms with Crippen molar-refractivity contribution in [3.05, 3.63) is 60.2 Å². The minimum Gasteiger partial charge on any atom is -0.478 e. The van der Waals surface area contributed by atoms with Crippen molar-refractivity contribution in [3.8, 4) is 11.3 Å². The molecular weight excluding hydrogens is 326 g/mol. The van der Waals surface area contributed by atoms with Crippen LogP contribution in [0.1, 0.15) is 10.4 Å². The van der Waals surface area contributed by atoms with Gasteiger partial charge in [-0.25, -0.2) is 14.8 Å². The van der Waals surface area contributed by atoms with Gasteiger partial charge in [0.15, 0.2) is 0 Å². The lowest BCUT2D eigenvalue weighted by molar-refractivity contribution is 0.0699. The number of carbonyl (C=O) groups is 1. The molecule has 3 rings (SSSR count). The summed E-state index contributed by atoms with van der Waals surface area (Å²) in [7, 11) is 0. The minimum absolute atomic E-state index is 0.140. The van der Waals surface area contributed by atoms with E-state index in [1.54, 1.807) is 36.4 Å². The predicted octanol–water partition coefficient (Wildman–Crippen LogP) is 3.83. The fraction of sp³-hybridized carbons (Fsp3) is 0.0556. The molecule has 0 saturated carbocycles. The molecular formula is C18H14ClN3O2. The minimum atomic E-state index is -0.990. The second kappa shape index (κ2) is 6.68. The van der Waals surface area contributed by atoms with E-state index in [4.69, 9.17) is 17.3 Å². The number of nitrogens with zero attached hydrogens (tertiary/aromatic N) is 2. The Kier molecular flexibility index (Phi) is 4.44. The number of alkyl halides is 1. The number of benzene rings is 2. The summed E-state index contributed by atoms with van der Waals surface area (Å²) in [5, 5.41) is 10.1. The highest BCUT2D eigenvalue weighted by atomic mass is 35.5. The SMILES string of the molecule is NC(CCl)=Nc1cccc(-c2cc(C(=O)O)c3ccccc3n2)c1. The zero-order valence-electron chi connectivity index (χ0n) is 12.6. The lowest BCUT2D eigenvalue weighted by Crippen LogP contribution is -2.12. The van der Waals surface area contributed by atoms with Gasteiger partial charge in [-0.15, -0.1) is 11.6 Å². The van der Waals surface area contributed by atoms with E-state index in [1.807, 2.05) is 18.2 Å². The van der Waals surface area contributed by atoms with Gasteiger partial charge in [0.25, 0.3) is 0 Å². The molecule has 0 unspecified atom stereocenters. The number of para-hydroxylation sites is 1. The van der Waals surface area contributed by atoms with Crippen molar-refractivity contribution < 1.29 is 9.90 Å². The van der Waals surface area contributed by atoms with E-state index in [0.717, 1.165) is 5.56 Å². The molecule has 1 aromatic heterocycles. The summed E-state index contributed by atoms with van der Waals surface area (Å²) in [6.45, 7) is 0. The van der Waals surface area contributed by atoms with Gasteiger partial charge in [-0.2, -0.15) is 0 Å². The zero-order chi connectivity index (χ0) is 17.1. The fourth-order valence-corrected chi connectivity index (χ4v) is 2.49. The van der Waals surface area contributed by atoms with Crippen molar-refractivity contribution in [2.24, 2.45) is 10.7 Å². The molecule has 1 heterocycles. The van der Waals surface area contributed by atoms with E-state index < -0.39 is 5.97 Å². The molecule has 3 N–H and O–H groups in total. The monoisotopic (exact) mass is 339 g/mol. The molecule has 6 heteroatoms. The van der Waals surface area contributed by atoms with E-state index in [0.29, 0.717) is 28.1 Å². The number of pyridine rings is 1. The van der Waals surface area contributed by atoms with Crippen LogP contribution in [-0.4, -0.2) is 27.8 Å². The first-order valence-corrected chi connectivity index (χ1v) is 7.74. The maximum Gasteiger partial charge on any atom is 0.336 e. The van der Waals surface area contributed by atoms with Crippen LogP contribution in [0.4, 0.5) is 5.69 Å². The highest BCUT2D eigenvalue weighted by molar-refractivity contribution is 6.28. The number of carboxylic acid groups (broad SMARTS) is 1. The molecule has 0 fully saturated rings. The molecule has 0 aliphatic carbocycles. The summed E-state index contributed by atoms with van der Waals surface area (Å²) in [5.74, 6) is -0.538. The van der Waals surface area contributed by atoms with Crippen LogP contribution < -0.4 is 5.73 Å². The quantitative estimate of drug-likeness (QED) is 0.429. The number of aromatic carboxylic acids is 1. The molecule has 0 amide bonds. The number of amidine groups is 1. The summed E-state index contributed by atoms with van der Waals surface area (Å²) in [4.78, 5) is 20.3. The Balaban J connectivity index is 2.16. The van der Waals surface area contributed by atoms with Gasteiger partial charge in [-0.1, -0.05) is 30.3 Å². The third-order valence-corrected chi connectivity index (χ3v) is 3.77. The van der Waals surface area contributed by atoms with Crippen LogP contribution in [0.5, 0.6) is 0 Å². The van der Waals surface area contributed by atoms with Gasteiger partial charge in [0.05, 0.1) is 28.3 Å². The number of nitrogens with two attached hydrogens (primary N) is 1. The van der Waals surface area contributed by atoms with Gasteiger partial charge in [0.1, 0.15) is 5.84 Å². The van der Waals surface area contributed by atoms with Gasteiger partial charge in [-0.3, -0.25) is 0 Å². The molecule has 0 saturated heterocycles. The topological polar surface area (TPSA) is 88.6 Å². The normalized spacial score (nSPS) is 11.6. The number of halogens is 1. The Bertz CT molecular complexity index is 954. The van der Waals surface area contributed by atoms with Crippen molar-refractivity contribution in [3.63, 3.8) is 0 Å². The van der Waals surface area contributed by atoms with Crippen LogP contribution in [0.2, 0.25) is 0 Å². The summed E-state index contributed by atoms with van der Waals surface area (Å²) in [6.07, 6.45) is 0. The Morgan fingerprint density at radius 3 is 2.71 bits per heavy atom. The van der Waals surface area contributed by atoms with Crippen LogP contribution >= 0.6 is 11.6 Å². The molecule has 0 aliphatic heterocycles. The molecule has 24 heavy (non-hydrogen) atoms. The fourth-order valence-electron chi connectivity index (χ4n) is 2.43. The number of hydrogen-bond donors (Lipinski definition) is 2. The van der Waals surface area contributed by atoms with E-state index in [-0.39, 0.29) is 11.4 Å². The van der Waals surface area contributed by atoms with Gasteiger partial charge in [0, 0.05) is 10.9 Å². The predicted molar refractivity (Wildman–Crippen MR) is 96.1 cm³/mol. The maximum absolute atomic E-state index is 11.6. The van der Waals surface area contributed by atoms with Gasteiger partial charge < -0.3 is 10.8 Å². The molecule has 0 bridgehead atoms. The van der Waals surface area contributed by atoms with Crippen LogP contribution in [-0.2, 0) is 0 Å². The molecule has 5 nitrogen and oxygen atoms in total. The van der Waals surface area contributed by atoms with Crippen LogP contribution in [0.15, 0.2) is 59.6 Å². The molecule has 0 spiro atoms. The van der Waals surface area contributed by atoms with Crippen molar-refractivity contribution in [2.75, 3.05) is 5.88 Å². The zero-order valence-corrected chi connectivity index (χ0v) is 13.4. The third-order valence-electron chi connectivity index (χ3n) is 3.50. The molecule has 0 aliphatic rings. The molecule has 0 radical (unpaired) electrons. The number of carboxylic acids is 1. The first-order chi connectivity index (χ1) is 11.6. The third kappa shape index (κ3) is 3.21. The van der Waals surface area contributed by atoms with Crippen LogP contribution in [0, 0.1) is 0 Å². The number of aromatic nitrogens is 1. The average molecular weight is 340 g/mol. The van der Waals surface area contributed by atoms with E-state index in [1.165, 1.54) is 0 Å². The van der Waals surface area contributed by atoms with Crippen LogP contribution in [0.3, 0.4) is 0 Å². The Morgan fingerprint density at radius 2 is 1.96 bits per heavy atom. The van der Waals surface area contributed by atoms with Crippen LogP contribution in [0.25, 0.3) is 22.2 Å². The van der Waals surface area contributed by atoms with Crippen molar-refractivity contribution >= 4 is 40.0 Å². The van der Waals surface area contributed by atoms with E-state index in [2.05, 4.69) is 9.98 Å². The Hall–Kier alpha value is -2.92. The first kappa shape index (κ1) is 16.0. The van der Waals surface area contributed by atoms with Gasteiger partial charge in [-0.05, 0) is 24.3 Å². The summed E-state index contributed by atoms with van der Waals surface area (Å²) in [5.41, 5.74) is 8.45. The van der Waals surface area contributed by atoms with Crippen molar-refractivity contribution in [2.45, 2.75) is 0 Å². The molecule has 120 valence electrons. The summed E-state index contributed by atoms with van der Waals surface area (Å²) in [6, 6.07) is 16.0. The Labute approximate surface area is 143 Å². The summed E-state index contributed by atoms with van der Waals surface area (Å²) >= 11 is 5.65. The molecule has 2 aromatic carbocycles. The lowest BCUT2D eigenvalue weighted by atomic mass is 10.0. The van der Waals surface area contributed by atoms with E-state index in [9.17, 15) is 9.90 Å². The van der Waals surface area contributed by atoms with Gasteiger partial charge in [0.2, 0.25) is 0 Å². The maximum atomic E-state index is 11.6. The number of hydrogen-bond acceptors (Lipinski definition) is 3. The second-order valence-corrected chi connectivity index (χ2v) is 5.43. The van der Waals surface area contributed by atoms with Gasteiger partial charge >= 0.3 is 5.97 Å². The molecule has 0 atom stereocenters. The standard InChI is InChI=1S/C18H14ClN3O2/c19-10-17(20)21-12-5-3-4-11(8-12)16-9-14(18(23)24)13-6-1-2-7-15(13)22-16/h1-9H,10H2,(H2,20,21)(H,23,24). The highest BCUT2D eigenvalue weighted by Gasteiger charge is 2.12. The smallest absolute Gasteiger partial charge is 0.336 e. The number of fused-ring (bicyclic) bond motifs is 1. The lowest BCUT2D eigenvalue weighted by Gasteiger charge is -2.08. The average Bonchev–Trinajstić information content (AvgIpc) is 2.60. The van der Waals surface area contributed by atoms with Crippen molar-refractivity contribution in [1.82, 2.24) is 4.98 Å². The van der Waals surface area contributed by atoms with E-state index >= 15 is 0 Å². The highest BCUT2D eigenvalue weighted by Crippen LogP contribution is 2.27. The second-order valence-electron chi connectivity index (χ2n) is 5.16. The first-order valence-electron chi connectivity index (χ1n) is 7.21. The molecule has 3 aromatic rings. The largest absolute Gasteiger partial charge is 0.478 e. The Morgan fingerprint density at radius 1 is 1.17 bits per heavy atom. The number of aliphatic imine (C=N–C) groups is 1. The van der Waals surface area contributed by atoms with Crippen molar-refractivity contribution in [1.29, 1.82) is 0 Å². The number of rotatable bonds is 4. The summed E-state index contributed by atoms with van der Waals surface area (Å²) < 4.78 is 0.